The zero-order valence-corrected chi connectivity index (χ0v) is 13.4. The van der Waals surface area contributed by atoms with Gasteiger partial charge in [0.05, 0.1) is 6.10 Å². The van der Waals surface area contributed by atoms with Crippen LogP contribution in [0.25, 0.3) is 0 Å². The molecule has 0 radical (unpaired) electrons. The van der Waals surface area contributed by atoms with Gasteiger partial charge in [-0.1, -0.05) is 31.9 Å². The lowest BCUT2D eigenvalue weighted by Gasteiger charge is -2.26. The summed E-state index contributed by atoms with van der Waals surface area (Å²) in [6.07, 6.45) is -1.73. The molecule has 3 nitrogen and oxygen atoms in total. The van der Waals surface area contributed by atoms with Crippen LogP contribution in [0.3, 0.4) is 0 Å². The first-order chi connectivity index (χ1) is 11.3. The van der Waals surface area contributed by atoms with Crippen LogP contribution in [0.2, 0.25) is 0 Å². The number of carbonyl (C=O) groups excluding carboxylic acids is 1. The number of rotatable bonds is 6. The van der Waals surface area contributed by atoms with E-state index in [1.54, 1.807) is 6.92 Å². The number of amides is 1. The normalized spacial score (nSPS) is 18.4. The van der Waals surface area contributed by atoms with Gasteiger partial charge in [0.25, 0.3) is 0 Å². The molecule has 2 rings (SSSR count). The highest BCUT2D eigenvalue weighted by Crippen LogP contribution is 2.33. The minimum atomic E-state index is -4.68. The van der Waals surface area contributed by atoms with Crippen molar-refractivity contribution in [3.8, 4) is 0 Å². The van der Waals surface area contributed by atoms with Crippen LogP contribution in [0.5, 0.6) is 0 Å². The standard InChI is InChI=1S/C17H21F4NO2/c1-2-14(24-13-5-3-4-6-13)16(23)22-15(17(19,20)21)11-7-9-12(18)10-8-11/h7-10,13-15H,2-6H2,1H3,(H,22,23). The van der Waals surface area contributed by atoms with Crippen LogP contribution in [0, 0.1) is 5.82 Å². The van der Waals surface area contributed by atoms with E-state index in [9.17, 15) is 22.4 Å². The zero-order valence-electron chi connectivity index (χ0n) is 13.4. The van der Waals surface area contributed by atoms with Crippen LogP contribution in [-0.4, -0.2) is 24.3 Å². The predicted octanol–water partition coefficient (Wildman–Crippen LogP) is 4.28. The van der Waals surface area contributed by atoms with E-state index in [-0.39, 0.29) is 18.1 Å². The summed E-state index contributed by atoms with van der Waals surface area (Å²) >= 11 is 0. The number of hydrogen-bond donors (Lipinski definition) is 1. The summed E-state index contributed by atoms with van der Waals surface area (Å²) in [7, 11) is 0. The molecular formula is C17H21F4NO2. The average molecular weight is 347 g/mol. The van der Waals surface area contributed by atoms with Crippen molar-refractivity contribution in [1.29, 1.82) is 0 Å². The lowest BCUT2D eigenvalue weighted by Crippen LogP contribution is -2.44. The highest BCUT2D eigenvalue weighted by Gasteiger charge is 2.43. The van der Waals surface area contributed by atoms with Crippen molar-refractivity contribution >= 4 is 5.91 Å². The lowest BCUT2D eigenvalue weighted by molar-refractivity contribution is -0.168. The maximum absolute atomic E-state index is 13.3. The molecule has 0 bridgehead atoms. The van der Waals surface area contributed by atoms with Gasteiger partial charge >= 0.3 is 6.18 Å². The molecule has 0 aromatic heterocycles. The van der Waals surface area contributed by atoms with Crippen molar-refractivity contribution in [1.82, 2.24) is 5.32 Å². The summed E-state index contributed by atoms with van der Waals surface area (Å²) in [5.41, 5.74) is -0.215. The number of carbonyl (C=O) groups is 1. The molecule has 1 fully saturated rings. The Kier molecular flexibility index (Phi) is 6.21. The molecule has 7 heteroatoms. The second-order valence-corrected chi connectivity index (χ2v) is 5.97. The highest BCUT2D eigenvalue weighted by molar-refractivity contribution is 5.81. The largest absolute Gasteiger partial charge is 0.412 e. The molecule has 0 saturated heterocycles. The van der Waals surface area contributed by atoms with Gasteiger partial charge in [-0.25, -0.2) is 4.39 Å². The van der Waals surface area contributed by atoms with Gasteiger partial charge in [0.1, 0.15) is 11.9 Å². The van der Waals surface area contributed by atoms with Crippen molar-refractivity contribution in [3.63, 3.8) is 0 Å². The van der Waals surface area contributed by atoms with Crippen molar-refractivity contribution in [3.05, 3.63) is 35.6 Å². The van der Waals surface area contributed by atoms with E-state index in [0.717, 1.165) is 49.9 Å². The number of alkyl halides is 3. The Balaban J connectivity index is 2.09. The SMILES string of the molecule is CCC(OC1CCCC1)C(=O)NC(c1ccc(F)cc1)C(F)(F)F. The molecular weight excluding hydrogens is 326 g/mol. The predicted molar refractivity (Wildman–Crippen MR) is 80.8 cm³/mol. The van der Waals surface area contributed by atoms with Gasteiger partial charge in [0, 0.05) is 0 Å². The van der Waals surface area contributed by atoms with Gasteiger partial charge in [-0.15, -0.1) is 0 Å². The van der Waals surface area contributed by atoms with Crippen molar-refractivity contribution < 1.29 is 27.1 Å². The van der Waals surface area contributed by atoms with Crippen LogP contribution in [0.4, 0.5) is 17.6 Å². The van der Waals surface area contributed by atoms with Crippen LogP contribution in [0.15, 0.2) is 24.3 Å². The molecule has 1 aromatic rings. The minimum absolute atomic E-state index is 0.0733. The molecule has 1 amide bonds. The molecule has 2 atom stereocenters. The number of halogens is 4. The quantitative estimate of drug-likeness (QED) is 0.780. The fourth-order valence-electron chi connectivity index (χ4n) is 2.84. The first-order valence-electron chi connectivity index (χ1n) is 8.09. The Morgan fingerprint density at radius 2 is 1.83 bits per heavy atom. The van der Waals surface area contributed by atoms with Gasteiger partial charge in [0.2, 0.25) is 5.91 Å². The van der Waals surface area contributed by atoms with Gasteiger partial charge < -0.3 is 10.1 Å². The molecule has 1 aliphatic rings. The van der Waals surface area contributed by atoms with E-state index in [1.165, 1.54) is 0 Å². The molecule has 2 unspecified atom stereocenters. The molecule has 1 aliphatic carbocycles. The Bertz CT molecular complexity index is 539. The van der Waals surface area contributed by atoms with Crippen molar-refractivity contribution in [2.75, 3.05) is 0 Å². The Hall–Kier alpha value is -1.63. The lowest BCUT2D eigenvalue weighted by atomic mass is 10.1. The molecule has 1 aromatic carbocycles. The van der Waals surface area contributed by atoms with Gasteiger partial charge in [-0.3, -0.25) is 4.79 Å². The third kappa shape index (κ3) is 4.93. The average Bonchev–Trinajstić information content (AvgIpc) is 3.03. The second-order valence-electron chi connectivity index (χ2n) is 5.97. The molecule has 0 aliphatic heterocycles. The third-order valence-corrected chi connectivity index (χ3v) is 4.14. The maximum Gasteiger partial charge on any atom is 0.412 e. The summed E-state index contributed by atoms with van der Waals surface area (Å²) < 4.78 is 58.5. The van der Waals surface area contributed by atoms with Crippen molar-refractivity contribution in [2.45, 2.75) is 63.5 Å². The number of ether oxygens (including phenoxy) is 1. The highest BCUT2D eigenvalue weighted by atomic mass is 19.4. The maximum atomic E-state index is 13.3. The Morgan fingerprint density at radius 1 is 1.25 bits per heavy atom. The summed E-state index contributed by atoms with van der Waals surface area (Å²) in [5, 5.41) is 2.01. The molecule has 134 valence electrons. The molecule has 0 spiro atoms. The van der Waals surface area contributed by atoms with Crippen LogP contribution in [0.1, 0.15) is 50.6 Å². The van der Waals surface area contributed by atoms with E-state index in [1.807, 2.05) is 5.32 Å². The smallest absolute Gasteiger partial charge is 0.365 e. The summed E-state index contributed by atoms with van der Waals surface area (Å²) in [5.74, 6) is -1.43. The summed E-state index contributed by atoms with van der Waals surface area (Å²) in [6.45, 7) is 1.69. The van der Waals surface area contributed by atoms with E-state index >= 15 is 0 Å². The number of hydrogen-bond acceptors (Lipinski definition) is 2. The van der Waals surface area contributed by atoms with Crippen LogP contribution in [-0.2, 0) is 9.53 Å². The second kappa shape index (κ2) is 7.96. The summed E-state index contributed by atoms with van der Waals surface area (Å²) in [6, 6.07) is 1.73. The number of benzene rings is 1. The molecule has 0 heterocycles. The molecule has 1 saturated carbocycles. The van der Waals surface area contributed by atoms with E-state index in [0.29, 0.717) is 0 Å². The first-order valence-corrected chi connectivity index (χ1v) is 8.09. The van der Waals surface area contributed by atoms with E-state index in [4.69, 9.17) is 4.74 Å². The molecule has 24 heavy (non-hydrogen) atoms. The third-order valence-electron chi connectivity index (χ3n) is 4.14. The van der Waals surface area contributed by atoms with Gasteiger partial charge in [-0.05, 0) is 37.0 Å². The Morgan fingerprint density at radius 3 is 2.33 bits per heavy atom. The Labute approximate surface area is 138 Å². The minimum Gasteiger partial charge on any atom is -0.365 e. The summed E-state index contributed by atoms with van der Waals surface area (Å²) in [4.78, 5) is 12.2. The number of nitrogens with one attached hydrogen (secondary N) is 1. The fourth-order valence-corrected chi connectivity index (χ4v) is 2.84. The molecule has 1 N–H and O–H groups in total. The van der Waals surface area contributed by atoms with Gasteiger partial charge in [-0.2, -0.15) is 13.2 Å². The van der Waals surface area contributed by atoms with Gasteiger partial charge in [0.15, 0.2) is 6.04 Å². The van der Waals surface area contributed by atoms with E-state index < -0.39 is 30.0 Å². The zero-order chi connectivity index (χ0) is 17.7. The first kappa shape index (κ1) is 18.7. The van der Waals surface area contributed by atoms with Crippen molar-refractivity contribution in [2.24, 2.45) is 0 Å². The van der Waals surface area contributed by atoms with Crippen LogP contribution < -0.4 is 5.32 Å². The topological polar surface area (TPSA) is 38.3 Å². The van der Waals surface area contributed by atoms with E-state index in [2.05, 4.69) is 0 Å². The van der Waals surface area contributed by atoms with Crippen LogP contribution >= 0.6 is 0 Å². The monoisotopic (exact) mass is 347 g/mol. The fraction of sp³-hybridized carbons (Fsp3) is 0.588.